The zero-order valence-corrected chi connectivity index (χ0v) is 16.4. The number of hydrogen-bond donors (Lipinski definition) is 1. The third-order valence-corrected chi connectivity index (χ3v) is 6.27. The van der Waals surface area contributed by atoms with Crippen molar-refractivity contribution in [3.05, 3.63) is 70.9 Å². The van der Waals surface area contributed by atoms with Crippen LogP contribution in [0, 0.1) is 6.92 Å². The molecule has 0 amide bonds. The molecule has 0 aliphatic carbocycles. The number of pyridine rings is 1. The lowest BCUT2D eigenvalue weighted by Crippen LogP contribution is -2.48. The molecule has 0 bridgehead atoms. The molecule has 0 atom stereocenters. The number of anilines is 1. The average molecular weight is 371 g/mol. The second kappa shape index (κ2) is 7.67. The lowest BCUT2D eigenvalue weighted by Gasteiger charge is -2.44. The van der Waals surface area contributed by atoms with E-state index in [1.807, 2.05) is 50.0 Å². The number of benzene rings is 2. The van der Waals surface area contributed by atoms with Crippen molar-refractivity contribution in [1.29, 1.82) is 0 Å². The normalized spacial score (nSPS) is 15.0. The molecule has 2 nitrogen and oxygen atoms in total. The van der Waals surface area contributed by atoms with E-state index in [2.05, 4.69) is 47.6 Å². The Morgan fingerprint density at radius 2 is 1.88 bits per heavy atom. The predicted molar refractivity (Wildman–Crippen MR) is 112 cm³/mol. The Kier molecular flexibility index (Phi) is 5.55. The minimum absolute atomic E-state index is 0.0396. The summed E-state index contributed by atoms with van der Waals surface area (Å²) in [7, 11) is 0. The van der Waals surface area contributed by atoms with Crippen molar-refractivity contribution >= 4 is 40.0 Å². The molecule has 2 heterocycles. The maximum Gasteiger partial charge on any atom is 0.0809 e. The molecule has 0 spiro atoms. The molecule has 4 heteroatoms. The van der Waals surface area contributed by atoms with Crippen molar-refractivity contribution in [1.82, 2.24) is 4.98 Å². The molecule has 0 saturated carbocycles. The summed E-state index contributed by atoms with van der Waals surface area (Å²) in [6, 6.07) is 16.6. The van der Waals surface area contributed by atoms with Gasteiger partial charge in [0.25, 0.3) is 0 Å². The SMILES string of the molecule is CC.Cc1c(Cl)cccc1C1(Nc2ccc3cccnc3c2)CSC1. The van der Waals surface area contributed by atoms with E-state index in [0.29, 0.717) is 0 Å². The second-order valence-corrected chi connectivity index (χ2v) is 7.42. The number of fused-ring (bicyclic) bond motifs is 1. The van der Waals surface area contributed by atoms with E-state index in [9.17, 15) is 0 Å². The van der Waals surface area contributed by atoms with Gasteiger partial charge in [-0.05, 0) is 42.3 Å². The van der Waals surface area contributed by atoms with Gasteiger partial charge in [-0.25, -0.2) is 0 Å². The highest BCUT2D eigenvalue weighted by Crippen LogP contribution is 2.44. The van der Waals surface area contributed by atoms with Gasteiger partial charge in [0.05, 0.1) is 11.1 Å². The number of hydrogen-bond acceptors (Lipinski definition) is 3. The van der Waals surface area contributed by atoms with E-state index in [4.69, 9.17) is 11.6 Å². The van der Waals surface area contributed by atoms with Gasteiger partial charge in [-0.15, -0.1) is 0 Å². The van der Waals surface area contributed by atoms with Crippen molar-refractivity contribution in [2.45, 2.75) is 26.3 Å². The van der Waals surface area contributed by atoms with Gasteiger partial charge in [0, 0.05) is 33.8 Å². The van der Waals surface area contributed by atoms with Crippen molar-refractivity contribution in [3.8, 4) is 0 Å². The molecule has 4 rings (SSSR count). The first-order valence-corrected chi connectivity index (χ1v) is 10.2. The fraction of sp³-hybridized carbons (Fsp3) is 0.286. The number of nitrogens with one attached hydrogen (secondary N) is 1. The molecule has 1 aliphatic rings. The number of thioether (sulfide) groups is 1. The van der Waals surface area contributed by atoms with Crippen molar-refractivity contribution in [2.75, 3.05) is 16.8 Å². The highest BCUT2D eigenvalue weighted by Gasteiger charge is 2.40. The van der Waals surface area contributed by atoms with Gasteiger partial charge >= 0.3 is 0 Å². The van der Waals surface area contributed by atoms with Gasteiger partial charge < -0.3 is 5.32 Å². The minimum Gasteiger partial charge on any atom is -0.374 e. The number of halogens is 1. The summed E-state index contributed by atoms with van der Waals surface area (Å²) in [5.41, 5.74) is 4.55. The monoisotopic (exact) mass is 370 g/mol. The summed E-state index contributed by atoms with van der Waals surface area (Å²) in [5, 5.41) is 5.74. The van der Waals surface area contributed by atoms with E-state index in [1.165, 1.54) is 11.1 Å². The van der Waals surface area contributed by atoms with Gasteiger partial charge in [0.2, 0.25) is 0 Å². The van der Waals surface area contributed by atoms with Gasteiger partial charge in [-0.2, -0.15) is 11.8 Å². The van der Waals surface area contributed by atoms with Crippen LogP contribution in [-0.2, 0) is 5.54 Å². The zero-order chi connectivity index (χ0) is 17.9. The van der Waals surface area contributed by atoms with Crippen LogP contribution in [0.2, 0.25) is 5.02 Å². The van der Waals surface area contributed by atoms with E-state index in [1.54, 1.807) is 0 Å². The molecule has 1 N–H and O–H groups in total. The Labute approximate surface area is 159 Å². The van der Waals surface area contributed by atoms with E-state index < -0.39 is 0 Å². The summed E-state index contributed by atoms with van der Waals surface area (Å²) in [6.45, 7) is 6.10. The van der Waals surface area contributed by atoms with Crippen molar-refractivity contribution in [3.63, 3.8) is 0 Å². The first-order valence-electron chi connectivity index (χ1n) is 8.64. The molecular formula is C21H23ClN2S. The van der Waals surface area contributed by atoms with Crippen LogP contribution >= 0.6 is 23.4 Å². The van der Waals surface area contributed by atoms with E-state index in [-0.39, 0.29) is 5.54 Å². The molecule has 1 saturated heterocycles. The smallest absolute Gasteiger partial charge is 0.0809 e. The Hall–Kier alpha value is -1.71. The standard InChI is InChI=1S/C19H17ClN2S.C2H6/c1-13-16(5-2-6-17(13)20)19(11-23-12-19)22-15-8-7-14-4-3-9-21-18(14)10-15;1-2/h2-10,22H,11-12H2,1H3;1-2H3. The Balaban J connectivity index is 0.000000880. The fourth-order valence-electron chi connectivity index (χ4n) is 3.15. The fourth-order valence-corrected chi connectivity index (χ4v) is 4.39. The van der Waals surface area contributed by atoms with Crippen LogP contribution in [0.5, 0.6) is 0 Å². The van der Waals surface area contributed by atoms with Crippen LogP contribution in [0.25, 0.3) is 10.9 Å². The Bertz CT molecular complexity index is 875. The van der Waals surface area contributed by atoms with Crippen molar-refractivity contribution in [2.24, 2.45) is 0 Å². The molecule has 130 valence electrons. The van der Waals surface area contributed by atoms with E-state index >= 15 is 0 Å². The zero-order valence-electron chi connectivity index (χ0n) is 14.8. The van der Waals surface area contributed by atoms with Crippen molar-refractivity contribution < 1.29 is 0 Å². The summed E-state index contributed by atoms with van der Waals surface area (Å²) < 4.78 is 0. The van der Waals surface area contributed by atoms with Crippen LogP contribution in [0.4, 0.5) is 5.69 Å². The number of nitrogens with zero attached hydrogens (tertiary/aromatic N) is 1. The Morgan fingerprint density at radius 3 is 2.60 bits per heavy atom. The van der Waals surface area contributed by atoms with Gasteiger partial charge in [-0.1, -0.05) is 49.7 Å². The van der Waals surface area contributed by atoms with Gasteiger partial charge in [0.15, 0.2) is 0 Å². The lowest BCUT2D eigenvalue weighted by molar-refractivity contribution is 0.596. The molecule has 0 radical (unpaired) electrons. The summed E-state index contributed by atoms with van der Waals surface area (Å²) in [6.07, 6.45) is 1.84. The molecule has 25 heavy (non-hydrogen) atoms. The van der Waals surface area contributed by atoms with Crippen LogP contribution in [0.1, 0.15) is 25.0 Å². The van der Waals surface area contributed by atoms with Crippen LogP contribution in [-0.4, -0.2) is 16.5 Å². The molecule has 3 aromatic rings. The first kappa shape index (κ1) is 18.1. The maximum atomic E-state index is 6.34. The van der Waals surface area contributed by atoms with Crippen LogP contribution in [0.15, 0.2) is 54.7 Å². The summed E-state index contributed by atoms with van der Waals surface area (Å²) >= 11 is 8.29. The van der Waals surface area contributed by atoms with Gasteiger partial charge in [0.1, 0.15) is 0 Å². The summed E-state index contributed by atoms with van der Waals surface area (Å²) in [5.74, 6) is 2.10. The number of rotatable bonds is 3. The third kappa shape index (κ3) is 3.49. The largest absolute Gasteiger partial charge is 0.374 e. The van der Waals surface area contributed by atoms with Gasteiger partial charge in [-0.3, -0.25) is 4.98 Å². The van der Waals surface area contributed by atoms with Crippen LogP contribution in [0.3, 0.4) is 0 Å². The quantitative estimate of drug-likeness (QED) is 0.587. The second-order valence-electron chi connectivity index (χ2n) is 6.02. The molecule has 2 aromatic carbocycles. The summed E-state index contributed by atoms with van der Waals surface area (Å²) in [4.78, 5) is 4.45. The Morgan fingerprint density at radius 1 is 1.08 bits per heavy atom. The highest BCUT2D eigenvalue weighted by molar-refractivity contribution is 8.00. The third-order valence-electron chi connectivity index (χ3n) is 4.47. The molecule has 1 fully saturated rings. The molecule has 1 aliphatic heterocycles. The van der Waals surface area contributed by atoms with Crippen LogP contribution < -0.4 is 5.32 Å². The lowest BCUT2D eigenvalue weighted by atomic mass is 9.88. The minimum atomic E-state index is -0.0396. The maximum absolute atomic E-state index is 6.34. The topological polar surface area (TPSA) is 24.9 Å². The molecular weight excluding hydrogens is 348 g/mol. The number of aromatic nitrogens is 1. The first-order chi connectivity index (χ1) is 12.2. The molecule has 1 aromatic heterocycles. The highest BCUT2D eigenvalue weighted by atomic mass is 35.5. The van der Waals surface area contributed by atoms with E-state index in [0.717, 1.165) is 33.1 Å². The predicted octanol–water partition coefficient (Wildman–Crippen LogP) is 6.28. The average Bonchev–Trinajstić information content (AvgIpc) is 2.62. The molecule has 0 unspecified atom stereocenters.